The van der Waals surface area contributed by atoms with Crippen LogP contribution >= 0.6 is 0 Å². The van der Waals surface area contributed by atoms with Gasteiger partial charge in [-0.25, -0.2) is 4.79 Å². The lowest BCUT2D eigenvalue weighted by molar-refractivity contribution is 0.0600. The second kappa shape index (κ2) is 8.80. The molecule has 0 saturated heterocycles. The van der Waals surface area contributed by atoms with Gasteiger partial charge in [-0.2, -0.15) is 0 Å². The summed E-state index contributed by atoms with van der Waals surface area (Å²) in [5.74, 6) is -0.976. The molecule has 0 aliphatic carbocycles. The average Bonchev–Trinajstić information content (AvgIpc) is 2.67. The molecule has 2 amide bonds. The number of carbonyl (C=O) groups excluding carboxylic acids is 3. The SMILES string of the molecule is CCC(C)NC(=O)c1ccc(C(=O)Nc2cccc(C(=O)OC)c2)cc1. The van der Waals surface area contributed by atoms with Gasteiger partial charge in [0.25, 0.3) is 11.8 Å². The number of rotatable bonds is 6. The molecular formula is C20H22N2O4. The first-order valence-corrected chi connectivity index (χ1v) is 8.35. The van der Waals surface area contributed by atoms with E-state index in [0.29, 0.717) is 22.4 Å². The number of ether oxygens (including phenoxy) is 1. The molecule has 2 N–H and O–H groups in total. The smallest absolute Gasteiger partial charge is 0.337 e. The summed E-state index contributed by atoms with van der Waals surface area (Å²) < 4.78 is 4.66. The molecule has 0 fully saturated rings. The number of amides is 2. The minimum atomic E-state index is -0.474. The fourth-order valence-corrected chi connectivity index (χ4v) is 2.23. The Kier molecular flexibility index (Phi) is 6.49. The molecule has 0 radical (unpaired) electrons. The van der Waals surface area contributed by atoms with Crippen LogP contribution in [0, 0.1) is 0 Å². The van der Waals surface area contributed by atoms with E-state index in [1.165, 1.54) is 13.2 Å². The Balaban J connectivity index is 2.06. The highest BCUT2D eigenvalue weighted by Gasteiger charge is 2.12. The molecule has 0 spiro atoms. The van der Waals surface area contributed by atoms with Crippen LogP contribution in [0.3, 0.4) is 0 Å². The van der Waals surface area contributed by atoms with Crippen molar-refractivity contribution in [3.63, 3.8) is 0 Å². The van der Waals surface area contributed by atoms with Crippen LogP contribution in [0.15, 0.2) is 48.5 Å². The largest absolute Gasteiger partial charge is 0.465 e. The molecule has 1 unspecified atom stereocenters. The predicted octanol–water partition coefficient (Wildman–Crippen LogP) is 3.25. The van der Waals surface area contributed by atoms with Crippen molar-refractivity contribution >= 4 is 23.5 Å². The number of anilines is 1. The summed E-state index contributed by atoms with van der Waals surface area (Å²) >= 11 is 0. The van der Waals surface area contributed by atoms with Crippen molar-refractivity contribution in [3.8, 4) is 0 Å². The Bertz CT molecular complexity index is 800. The normalized spacial score (nSPS) is 11.3. The van der Waals surface area contributed by atoms with Crippen LogP contribution in [-0.4, -0.2) is 30.9 Å². The second-order valence-electron chi connectivity index (χ2n) is 5.89. The van der Waals surface area contributed by atoms with Gasteiger partial charge in [0.1, 0.15) is 0 Å². The maximum absolute atomic E-state index is 12.3. The van der Waals surface area contributed by atoms with Gasteiger partial charge in [-0.15, -0.1) is 0 Å². The van der Waals surface area contributed by atoms with Crippen molar-refractivity contribution in [2.24, 2.45) is 0 Å². The third kappa shape index (κ3) is 4.92. The maximum atomic E-state index is 12.3. The lowest BCUT2D eigenvalue weighted by atomic mass is 10.1. The molecule has 2 rings (SSSR count). The van der Waals surface area contributed by atoms with Crippen LogP contribution in [0.4, 0.5) is 5.69 Å². The number of hydrogen-bond donors (Lipinski definition) is 2. The van der Waals surface area contributed by atoms with Gasteiger partial charge in [0.2, 0.25) is 0 Å². The van der Waals surface area contributed by atoms with Crippen LogP contribution < -0.4 is 10.6 Å². The van der Waals surface area contributed by atoms with Crippen molar-refractivity contribution in [3.05, 3.63) is 65.2 Å². The highest BCUT2D eigenvalue weighted by molar-refractivity contribution is 6.05. The summed E-state index contributed by atoms with van der Waals surface area (Å²) in [5.41, 5.74) is 1.74. The molecule has 0 aliphatic rings. The quantitative estimate of drug-likeness (QED) is 0.780. The van der Waals surface area contributed by atoms with E-state index >= 15 is 0 Å². The highest BCUT2D eigenvalue weighted by Crippen LogP contribution is 2.14. The number of hydrogen-bond acceptors (Lipinski definition) is 4. The molecule has 6 heteroatoms. The minimum absolute atomic E-state index is 0.0903. The van der Waals surface area contributed by atoms with E-state index in [9.17, 15) is 14.4 Å². The molecule has 6 nitrogen and oxygen atoms in total. The molecule has 1 atom stereocenters. The molecule has 136 valence electrons. The summed E-state index contributed by atoms with van der Waals surface area (Å²) in [5, 5.41) is 5.59. The Morgan fingerprint density at radius 1 is 0.962 bits per heavy atom. The van der Waals surface area contributed by atoms with E-state index < -0.39 is 5.97 Å². The first-order chi connectivity index (χ1) is 12.4. The number of benzene rings is 2. The lowest BCUT2D eigenvalue weighted by Crippen LogP contribution is -2.31. The Labute approximate surface area is 152 Å². The van der Waals surface area contributed by atoms with Crippen LogP contribution in [-0.2, 0) is 4.74 Å². The standard InChI is InChI=1S/C20H22N2O4/c1-4-13(2)21-18(23)14-8-10-15(11-9-14)19(24)22-17-7-5-6-16(12-17)20(25)26-3/h5-13H,4H2,1-3H3,(H,21,23)(H,22,24). The molecule has 0 saturated carbocycles. The summed E-state index contributed by atoms with van der Waals surface area (Å²) in [6, 6.07) is 13.0. The van der Waals surface area contributed by atoms with E-state index in [4.69, 9.17) is 0 Å². The lowest BCUT2D eigenvalue weighted by Gasteiger charge is -2.11. The summed E-state index contributed by atoms with van der Waals surface area (Å²) in [6.45, 7) is 3.93. The molecule has 0 heterocycles. The molecule has 2 aromatic carbocycles. The number of nitrogens with one attached hydrogen (secondary N) is 2. The molecular weight excluding hydrogens is 332 g/mol. The topological polar surface area (TPSA) is 84.5 Å². The third-order valence-electron chi connectivity index (χ3n) is 3.94. The van der Waals surface area contributed by atoms with Gasteiger partial charge < -0.3 is 15.4 Å². The van der Waals surface area contributed by atoms with Crippen LogP contribution in [0.2, 0.25) is 0 Å². The van der Waals surface area contributed by atoms with Crippen molar-refractivity contribution in [2.45, 2.75) is 26.3 Å². The fourth-order valence-electron chi connectivity index (χ4n) is 2.23. The van der Waals surface area contributed by atoms with Gasteiger partial charge >= 0.3 is 5.97 Å². The zero-order chi connectivity index (χ0) is 19.1. The molecule has 26 heavy (non-hydrogen) atoms. The van der Waals surface area contributed by atoms with Gasteiger partial charge in [-0.05, 0) is 55.8 Å². The van der Waals surface area contributed by atoms with Crippen molar-refractivity contribution < 1.29 is 19.1 Å². The Morgan fingerprint density at radius 3 is 2.15 bits per heavy atom. The number of methoxy groups -OCH3 is 1. The predicted molar refractivity (Wildman–Crippen MR) is 99.4 cm³/mol. The molecule has 0 aliphatic heterocycles. The van der Waals surface area contributed by atoms with Crippen LogP contribution in [0.25, 0.3) is 0 Å². The van der Waals surface area contributed by atoms with E-state index in [2.05, 4.69) is 15.4 Å². The monoisotopic (exact) mass is 354 g/mol. The Hall–Kier alpha value is -3.15. The summed E-state index contributed by atoms with van der Waals surface area (Å²) in [7, 11) is 1.30. The second-order valence-corrected chi connectivity index (χ2v) is 5.89. The van der Waals surface area contributed by atoms with Crippen molar-refractivity contribution in [2.75, 3.05) is 12.4 Å². The number of carbonyl (C=O) groups is 3. The van der Waals surface area contributed by atoms with E-state index in [1.807, 2.05) is 13.8 Å². The van der Waals surface area contributed by atoms with E-state index in [0.717, 1.165) is 6.42 Å². The molecule has 2 aromatic rings. The third-order valence-corrected chi connectivity index (χ3v) is 3.94. The summed E-state index contributed by atoms with van der Waals surface area (Å²) in [6.07, 6.45) is 0.844. The number of esters is 1. The maximum Gasteiger partial charge on any atom is 0.337 e. The van der Waals surface area contributed by atoms with E-state index in [-0.39, 0.29) is 17.9 Å². The van der Waals surface area contributed by atoms with Gasteiger partial charge in [0.05, 0.1) is 12.7 Å². The molecule has 0 bridgehead atoms. The molecule has 0 aromatic heterocycles. The zero-order valence-electron chi connectivity index (χ0n) is 15.0. The van der Waals surface area contributed by atoms with Gasteiger partial charge in [0.15, 0.2) is 0 Å². The highest BCUT2D eigenvalue weighted by atomic mass is 16.5. The average molecular weight is 354 g/mol. The zero-order valence-corrected chi connectivity index (χ0v) is 15.0. The van der Waals surface area contributed by atoms with Crippen molar-refractivity contribution in [1.29, 1.82) is 0 Å². The fraction of sp³-hybridized carbons (Fsp3) is 0.250. The Morgan fingerprint density at radius 2 is 1.58 bits per heavy atom. The van der Waals surface area contributed by atoms with Gasteiger partial charge in [-0.3, -0.25) is 9.59 Å². The van der Waals surface area contributed by atoms with Crippen LogP contribution in [0.5, 0.6) is 0 Å². The van der Waals surface area contributed by atoms with Gasteiger partial charge in [0, 0.05) is 22.9 Å². The minimum Gasteiger partial charge on any atom is -0.465 e. The van der Waals surface area contributed by atoms with Gasteiger partial charge in [-0.1, -0.05) is 13.0 Å². The van der Waals surface area contributed by atoms with Crippen LogP contribution in [0.1, 0.15) is 51.3 Å². The van der Waals surface area contributed by atoms with E-state index in [1.54, 1.807) is 42.5 Å². The first-order valence-electron chi connectivity index (χ1n) is 8.35. The summed E-state index contributed by atoms with van der Waals surface area (Å²) in [4.78, 5) is 36.0. The first kappa shape index (κ1) is 19.2. The van der Waals surface area contributed by atoms with Crippen molar-refractivity contribution in [1.82, 2.24) is 5.32 Å².